The molecule has 1 amide bonds. The predicted octanol–water partition coefficient (Wildman–Crippen LogP) is 3.48. The van der Waals surface area contributed by atoms with Crippen LogP contribution in [0.2, 0.25) is 0 Å². The van der Waals surface area contributed by atoms with Gasteiger partial charge < -0.3 is 14.4 Å². The summed E-state index contributed by atoms with van der Waals surface area (Å²) in [6, 6.07) is 13.7. The van der Waals surface area contributed by atoms with Gasteiger partial charge in [0.1, 0.15) is 12.4 Å². The molecule has 2 heterocycles. The first-order valence-electron chi connectivity index (χ1n) is 9.40. The van der Waals surface area contributed by atoms with Gasteiger partial charge in [0.05, 0.1) is 23.0 Å². The zero-order valence-corrected chi connectivity index (χ0v) is 16.8. The number of rotatable bonds is 5. The third-order valence-electron chi connectivity index (χ3n) is 4.62. The molecule has 0 radical (unpaired) electrons. The molecule has 0 N–H and O–H groups in total. The molecule has 30 heavy (non-hydrogen) atoms. The molecule has 2 aromatic rings. The quantitative estimate of drug-likeness (QED) is 0.411. The zero-order chi connectivity index (χ0) is 20.9. The number of amides is 1. The number of ether oxygens (including phenoxy) is 2. The van der Waals surface area contributed by atoms with Crippen molar-refractivity contribution in [2.75, 3.05) is 26.3 Å². The summed E-state index contributed by atoms with van der Waals surface area (Å²) in [6.45, 7) is 3.09. The highest BCUT2D eigenvalue weighted by Crippen LogP contribution is 2.31. The van der Waals surface area contributed by atoms with Gasteiger partial charge in [-0.2, -0.15) is 4.99 Å². The number of benzene rings is 2. The Labute approximate surface area is 177 Å². The van der Waals surface area contributed by atoms with Gasteiger partial charge in [0.25, 0.3) is 11.6 Å². The molecule has 4 rings (SSSR count). The molecule has 0 unspecified atom stereocenters. The minimum Gasteiger partial charge on any atom is -0.489 e. The molecule has 1 fully saturated rings. The summed E-state index contributed by atoms with van der Waals surface area (Å²) in [7, 11) is 0. The summed E-state index contributed by atoms with van der Waals surface area (Å²) < 4.78 is 11.1. The van der Waals surface area contributed by atoms with E-state index in [1.165, 1.54) is 23.9 Å². The number of nitro benzene ring substituents is 1. The number of hydrogen-bond donors (Lipinski definition) is 0. The van der Waals surface area contributed by atoms with E-state index in [1.807, 2.05) is 30.3 Å². The second kappa shape index (κ2) is 9.10. The highest BCUT2D eigenvalue weighted by atomic mass is 32.2. The average molecular weight is 425 g/mol. The summed E-state index contributed by atoms with van der Waals surface area (Å²) >= 11 is 1.39. The molecule has 9 heteroatoms. The maximum Gasteiger partial charge on any atom is 0.286 e. The number of hydrogen-bond acceptors (Lipinski definition) is 7. The molecule has 154 valence electrons. The number of nitrogens with zero attached hydrogens (tertiary/aromatic N) is 3. The normalized spacial score (nSPS) is 17.9. The van der Waals surface area contributed by atoms with E-state index in [0.29, 0.717) is 30.5 Å². The lowest BCUT2D eigenvalue weighted by atomic mass is 10.2. The number of non-ortho nitro benzene ring substituents is 1. The SMILES string of the molecule is O=C1N=C(N2CCOCC2)S/C1=C/c1ccc(OCc2ccc([N+](=O)[O-])cc2)cc1. The number of amidine groups is 1. The highest BCUT2D eigenvalue weighted by Gasteiger charge is 2.27. The second-order valence-electron chi connectivity index (χ2n) is 6.69. The van der Waals surface area contributed by atoms with E-state index in [4.69, 9.17) is 9.47 Å². The largest absolute Gasteiger partial charge is 0.489 e. The van der Waals surface area contributed by atoms with Crippen LogP contribution in [-0.2, 0) is 16.1 Å². The fourth-order valence-corrected chi connectivity index (χ4v) is 3.94. The Balaban J connectivity index is 1.34. The van der Waals surface area contributed by atoms with Gasteiger partial charge in [-0.25, -0.2) is 0 Å². The Kier molecular flexibility index (Phi) is 6.10. The fraction of sp³-hybridized carbons (Fsp3) is 0.238. The molecule has 8 nitrogen and oxygen atoms in total. The van der Waals surface area contributed by atoms with Crippen LogP contribution >= 0.6 is 11.8 Å². The van der Waals surface area contributed by atoms with Gasteiger partial charge in [0, 0.05) is 25.2 Å². The van der Waals surface area contributed by atoms with Gasteiger partial charge in [-0.1, -0.05) is 12.1 Å². The van der Waals surface area contributed by atoms with Crippen molar-refractivity contribution in [2.24, 2.45) is 4.99 Å². The predicted molar refractivity (Wildman–Crippen MR) is 114 cm³/mol. The van der Waals surface area contributed by atoms with Gasteiger partial charge in [-0.15, -0.1) is 0 Å². The van der Waals surface area contributed by atoms with Crippen molar-refractivity contribution >= 4 is 34.6 Å². The molecule has 0 atom stereocenters. The maximum atomic E-state index is 12.2. The number of thioether (sulfide) groups is 1. The van der Waals surface area contributed by atoms with Crippen LogP contribution in [0.4, 0.5) is 5.69 Å². The minimum atomic E-state index is -0.430. The van der Waals surface area contributed by atoms with Crippen LogP contribution in [0, 0.1) is 10.1 Å². The molecule has 0 spiro atoms. The summed E-state index contributed by atoms with van der Waals surface area (Å²) in [5.74, 6) is 0.450. The summed E-state index contributed by atoms with van der Waals surface area (Å²) in [6.07, 6.45) is 1.82. The van der Waals surface area contributed by atoms with Gasteiger partial charge >= 0.3 is 0 Å². The first-order valence-corrected chi connectivity index (χ1v) is 10.2. The zero-order valence-electron chi connectivity index (χ0n) is 16.0. The molecule has 1 saturated heterocycles. The first-order chi connectivity index (χ1) is 14.6. The Morgan fingerprint density at radius 2 is 1.83 bits per heavy atom. The monoisotopic (exact) mass is 425 g/mol. The van der Waals surface area contributed by atoms with Crippen molar-refractivity contribution in [3.63, 3.8) is 0 Å². The number of carbonyl (C=O) groups excluding carboxylic acids is 1. The molecule has 0 saturated carbocycles. The lowest BCUT2D eigenvalue weighted by molar-refractivity contribution is -0.384. The number of aliphatic imine (C=N–C) groups is 1. The first kappa shape index (κ1) is 20.1. The molecular formula is C21H19N3O5S. The van der Waals surface area contributed by atoms with Crippen LogP contribution in [0.1, 0.15) is 11.1 Å². The lowest BCUT2D eigenvalue weighted by Crippen LogP contribution is -2.38. The van der Waals surface area contributed by atoms with Gasteiger partial charge in [0.15, 0.2) is 5.17 Å². The van der Waals surface area contributed by atoms with E-state index < -0.39 is 4.92 Å². The van der Waals surface area contributed by atoms with Crippen LogP contribution in [0.3, 0.4) is 0 Å². The van der Waals surface area contributed by atoms with Crippen LogP contribution in [-0.4, -0.2) is 47.2 Å². The fourth-order valence-electron chi connectivity index (χ4n) is 2.98. The van der Waals surface area contributed by atoms with E-state index in [2.05, 4.69) is 9.89 Å². The highest BCUT2D eigenvalue weighted by molar-refractivity contribution is 8.18. The smallest absolute Gasteiger partial charge is 0.286 e. The van der Waals surface area contributed by atoms with E-state index in [9.17, 15) is 14.9 Å². The standard InChI is InChI=1S/C21H19N3O5S/c25-20-19(30-21(22-20)23-9-11-28-12-10-23)13-15-3-7-18(8-4-15)29-14-16-1-5-17(6-2-16)24(26)27/h1-8,13H,9-12,14H2/b19-13+. The van der Waals surface area contributed by atoms with Crippen LogP contribution in [0.5, 0.6) is 5.75 Å². The maximum absolute atomic E-state index is 12.2. The third kappa shape index (κ3) is 4.87. The van der Waals surface area contributed by atoms with Gasteiger partial charge in [-0.05, 0) is 53.2 Å². The third-order valence-corrected chi connectivity index (χ3v) is 5.67. The van der Waals surface area contributed by atoms with E-state index >= 15 is 0 Å². The Morgan fingerprint density at radius 1 is 1.13 bits per heavy atom. The van der Waals surface area contributed by atoms with E-state index in [0.717, 1.165) is 29.4 Å². The summed E-state index contributed by atoms with van der Waals surface area (Å²) in [5.41, 5.74) is 1.77. The Morgan fingerprint density at radius 3 is 2.50 bits per heavy atom. The second-order valence-corrected chi connectivity index (χ2v) is 7.70. The van der Waals surface area contributed by atoms with Crippen molar-refractivity contribution in [3.8, 4) is 5.75 Å². The van der Waals surface area contributed by atoms with Crippen molar-refractivity contribution in [2.45, 2.75) is 6.61 Å². The lowest BCUT2D eigenvalue weighted by Gasteiger charge is -2.27. The molecule has 0 bridgehead atoms. The summed E-state index contributed by atoms with van der Waals surface area (Å²) in [4.78, 5) is 29.3. The molecule has 0 aliphatic carbocycles. The van der Waals surface area contributed by atoms with Crippen LogP contribution < -0.4 is 4.74 Å². The van der Waals surface area contributed by atoms with E-state index in [1.54, 1.807) is 12.1 Å². The Bertz CT molecular complexity index is 996. The van der Waals surface area contributed by atoms with Gasteiger partial charge in [-0.3, -0.25) is 14.9 Å². The summed E-state index contributed by atoms with van der Waals surface area (Å²) in [5, 5.41) is 11.4. The molecule has 2 aromatic carbocycles. The Hall–Kier alpha value is -3.17. The van der Waals surface area contributed by atoms with Gasteiger partial charge in [0.2, 0.25) is 0 Å². The van der Waals surface area contributed by atoms with Crippen LogP contribution in [0.25, 0.3) is 6.08 Å². The van der Waals surface area contributed by atoms with Crippen molar-refractivity contribution in [3.05, 3.63) is 74.7 Å². The minimum absolute atomic E-state index is 0.0521. The van der Waals surface area contributed by atoms with Crippen molar-refractivity contribution < 1.29 is 19.2 Å². The average Bonchev–Trinajstić information content (AvgIpc) is 3.14. The van der Waals surface area contributed by atoms with E-state index in [-0.39, 0.29) is 11.6 Å². The topological polar surface area (TPSA) is 94.3 Å². The number of nitro groups is 1. The number of morpholine rings is 1. The molecule has 0 aromatic heterocycles. The number of carbonyl (C=O) groups is 1. The van der Waals surface area contributed by atoms with Crippen molar-refractivity contribution in [1.82, 2.24) is 4.90 Å². The molecular weight excluding hydrogens is 406 g/mol. The van der Waals surface area contributed by atoms with Crippen LogP contribution in [0.15, 0.2) is 58.4 Å². The molecule has 2 aliphatic rings. The van der Waals surface area contributed by atoms with Crippen molar-refractivity contribution in [1.29, 1.82) is 0 Å². The molecule has 2 aliphatic heterocycles.